The van der Waals surface area contributed by atoms with Crippen LogP contribution in [0.5, 0.6) is 0 Å². The third-order valence-corrected chi connectivity index (χ3v) is 8.95. The van der Waals surface area contributed by atoms with Crippen molar-refractivity contribution in [2.24, 2.45) is 10.4 Å². The summed E-state index contributed by atoms with van der Waals surface area (Å²) in [5, 5.41) is 26.1. The van der Waals surface area contributed by atoms with Crippen LogP contribution in [0, 0.1) is 11.2 Å². The molecule has 2 saturated heterocycles. The summed E-state index contributed by atoms with van der Waals surface area (Å²) in [4.78, 5) is 40.2. The zero-order valence-corrected chi connectivity index (χ0v) is 25.2. The summed E-state index contributed by atoms with van der Waals surface area (Å²) in [6.07, 6.45) is 0.779. The Labute approximate surface area is 252 Å². The Balaban J connectivity index is 1.45. The second-order valence-electron chi connectivity index (χ2n) is 11.2. The van der Waals surface area contributed by atoms with E-state index in [0.717, 1.165) is 0 Å². The third kappa shape index (κ3) is 6.08. The minimum absolute atomic E-state index is 0.0471. The number of carboxylic acid groups (broad SMARTS) is 1. The molecule has 0 amide bonds. The number of aromatic nitrogens is 1. The van der Waals surface area contributed by atoms with E-state index in [1.807, 2.05) is 10.3 Å². The van der Waals surface area contributed by atoms with Crippen molar-refractivity contribution in [1.82, 2.24) is 25.0 Å². The van der Waals surface area contributed by atoms with E-state index >= 15 is 0 Å². The zero-order chi connectivity index (χ0) is 30.2. The molecule has 0 spiro atoms. The van der Waals surface area contributed by atoms with Gasteiger partial charge in [0, 0.05) is 68.1 Å². The molecule has 0 radical (unpaired) electrons. The molecular weight excluding hydrogens is 587 g/mol. The van der Waals surface area contributed by atoms with Crippen LogP contribution < -0.4 is 5.32 Å². The largest absolute Gasteiger partial charge is 0.481 e. The molecule has 1 aromatic heterocycles. The van der Waals surface area contributed by atoms with Crippen molar-refractivity contribution in [3.63, 3.8) is 0 Å². The monoisotopic (exact) mass is 620 g/mol. The number of rotatable bonds is 9. The first-order valence-corrected chi connectivity index (χ1v) is 15.0. The van der Waals surface area contributed by atoms with Crippen LogP contribution in [0.4, 0.5) is 4.39 Å². The van der Waals surface area contributed by atoms with E-state index < -0.39 is 35.6 Å². The molecule has 11 nitrogen and oxygen atoms in total. The summed E-state index contributed by atoms with van der Waals surface area (Å²) in [5.74, 6) is -1.68. The lowest BCUT2D eigenvalue weighted by atomic mass is 9.93. The molecule has 3 atom stereocenters. The van der Waals surface area contributed by atoms with Gasteiger partial charge in [-0.15, -0.1) is 11.3 Å². The predicted molar refractivity (Wildman–Crippen MR) is 156 cm³/mol. The summed E-state index contributed by atoms with van der Waals surface area (Å²) in [5.41, 5.74) is 0.116. The van der Waals surface area contributed by atoms with E-state index in [0.29, 0.717) is 54.8 Å². The quantitative estimate of drug-likeness (QED) is 0.360. The third-order valence-electron chi connectivity index (χ3n) is 7.77. The number of hydrogen-bond donors (Lipinski definition) is 3. The van der Waals surface area contributed by atoms with E-state index in [9.17, 15) is 24.2 Å². The Hall–Kier alpha value is -2.94. The number of ether oxygens (including phenoxy) is 1. The molecule has 2 aromatic rings. The lowest BCUT2D eigenvalue weighted by Crippen LogP contribution is -2.54. The number of fused-ring (bicyclic) bond motifs is 1. The minimum Gasteiger partial charge on any atom is -0.481 e. The summed E-state index contributed by atoms with van der Waals surface area (Å²) in [6, 6.07) is 3.46. The zero-order valence-electron chi connectivity index (χ0n) is 23.6. The molecule has 42 heavy (non-hydrogen) atoms. The molecule has 226 valence electrons. The number of aliphatic imine (C=N–C) groups is 1. The lowest BCUT2D eigenvalue weighted by Gasteiger charge is -2.39. The van der Waals surface area contributed by atoms with Crippen LogP contribution >= 0.6 is 22.9 Å². The number of amidine groups is 1. The van der Waals surface area contributed by atoms with Gasteiger partial charge in [0.1, 0.15) is 11.9 Å². The number of carbonyl (C=O) groups excluding carboxylic acids is 1. The Morgan fingerprint density at radius 3 is 2.76 bits per heavy atom. The number of thiazole rings is 1. The van der Waals surface area contributed by atoms with E-state index in [4.69, 9.17) is 21.3 Å². The van der Waals surface area contributed by atoms with Crippen molar-refractivity contribution < 1.29 is 28.9 Å². The summed E-state index contributed by atoms with van der Waals surface area (Å²) in [7, 11) is 0. The maximum atomic E-state index is 14.6. The standard InChI is InChI=1S/C28H34ClFN6O5S/c1-4-41-25(37)20-19(14-34-9-10-36-16(12-34)13-35(27(36)40)15-28(2,3)26(38)39)32-23(24-31-8-11-42-24)33-22(20)17-6-5-7-18(30)21(17)29/h5-8,11,16,22,27,40H,4,9-10,12-15H2,1-3H3,(H,32,33)(H,38,39)/t16-,22-,27?/m0/s1. The van der Waals surface area contributed by atoms with Gasteiger partial charge >= 0.3 is 11.9 Å². The topological polar surface area (TPSA) is 131 Å². The fourth-order valence-corrected chi connectivity index (χ4v) is 6.46. The van der Waals surface area contributed by atoms with E-state index in [2.05, 4.69) is 15.2 Å². The molecule has 4 heterocycles. The maximum Gasteiger partial charge on any atom is 0.338 e. The molecule has 3 aliphatic rings. The molecule has 1 aromatic carbocycles. The second-order valence-corrected chi connectivity index (χ2v) is 12.5. The smallest absolute Gasteiger partial charge is 0.338 e. The van der Waals surface area contributed by atoms with Gasteiger partial charge < -0.3 is 20.3 Å². The molecule has 3 N–H and O–H groups in total. The first kappa shape index (κ1) is 30.5. The van der Waals surface area contributed by atoms with Gasteiger partial charge in [-0.1, -0.05) is 23.7 Å². The molecule has 3 aliphatic heterocycles. The fraction of sp³-hybridized carbons (Fsp3) is 0.500. The highest BCUT2D eigenvalue weighted by Crippen LogP contribution is 2.38. The van der Waals surface area contributed by atoms with Crippen molar-refractivity contribution in [2.45, 2.75) is 39.2 Å². The van der Waals surface area contributed by atoms with Gasteiger partial charge in [0.2, 0.25) is 0 Å². The van der Waals surface area contributed by atoms with Crippen molar-refractivity contribution in [3.05, 3.63) is 62.5 Å². The number of carboxylic acids is 1. The lowest BCUT2D eigenvalue weighted by molar-refractivity contribution is -0.150. The number of esters is 1. The van der Waals surface area contributed by atoms with Gasteiger partial charge in [-0.2, -0.15) is 0 Å². The number of aliphatic hydroxyl groups is 1. The number of piperazine rings is 1. The fourth-order valence-electron chi connectivity index (χ4n) is 5.64. The Bertz CT molecular complexity index is 1400. The highest BCUT2D eigenvalue weighted by atomic mass is 35.5. The molecule has 5 rings (SSSR count). The van der Waals surface area contributed by atoms with Crippen LogP contribution in [0.15, 0.2) is 46.0 Å². The minimum atomic E-state index is -1.01. The number of carbonyl (C=O) groups is 2. The van der Waals surface area contributed by atoms with Crippen LogP contribution in [0.1, 0.15) is 37.4 Å². The highest BCUT2D eigenvalue weighted by Gasteiger charge is 2.45. The van der Waals surface area contributed by atoms with E-state index in [1.165, 1.54) is 23.5 Å². The number of halogens is 2. The molecular formula is C28H34ClFN6O5S. The SMILES string of the molecule is CCOC(=O)C1=C(CN2CCN3C(O)N(CC(C)(C)C(=O)O)C[C@@H]3C2)NC(c2nccs2)=N[C@H]1c1cccc(F)c1Cl. The van der Waals surface area contributed by atoms with Gasteiger partial charge in [0.05, 0.1) is 22.6 Å². The molecule has 2 fully saturated rings. The Morgan fingerprint density at radius 2 is 2.07 bits per heavy atom. The van der Waals surface area contributed by atoms with Gasteiger partial charge in [-0.25, -0.2) is 14.2 Å². The van der Waals surface area contributed by atoms with Crippen molar-refractivity contribution >= 4 is 40.7 Å². The van der Waals surface area contributed by atoms with Gasteiger partial charge in [-0.05, 0) is 26.8 Å². The second kappa shape index (κ2) is 12.3. The van der Waals surface area contributed by atoms with E-state index in [-0.39, 0.29) is 29.8 Å². The summed E-state index contributed by atoms with van der Waals surface area (Å²) < 4.78 is 20.0. The average molecular weight is 621 g/mol. The van der Waals surface area contributed by atoms with Crippen LogP contribution in [0.2, 0.25) is 5.02 Å². The normalized spacial score (nSPS) is 23.9. The summed E-state index contributed by atoms with van der Waals surface area (Å²) in [6.45, 7) is 7.87. The number of aliphatic carboxylic acids is 1. The molecule has 0 saturated carbocycles. The van der Waals surface area contributed by atoms with Gasteiger partial charge in [0.15, 0.2) is 17.2 Å². The maximum absolute atomic E-state index is 14.6. The Morgan fingerprint density at radius 1 is 1.29 bits per heavy atom. The summed E-state index contributed by atoms with van der Waals surface area (Å²) >= 11 is 7.78. The molecule has 1 unspecified atom stereocenters. The average Bonchev–Trinajstić information content (AvgIpc) is 3.58. The van der Waals surface area contributed by atoms with Crippen LogP contribution in [-0.2, 0) is 14.3 Å². The number of hydrogen-bond acceptors (Lipinski definition) is 11. The number of benzene rings is 1. The van der Waals surface area contributed by atoms with Crippen molar-refractivity contribution in [1.29, 1.82) is 0 Å². The van der Waals surface area contributed by atoms with Crippen LogP contribution in [0.25, 0.3) is 0 Å². The highest BCUT2D eigenvalue weighted by molar-refractivity contribution is 7.11. The first-order chi connectivity index (χ1) is 20.0. The van der Waals surface area contributed by atoms with Gasteiger partial charge in [0.25, 0.3) is 0 Å². The van der Waals surface area contributed by atoms with E-state index in [1.54, 1.807) is 37.9 Å². The molecule has 0 aliphatic carbocycles. The van der Waals surface area contributed by atoms with Crippen molar-refractivity contribution in [2.75, 3.05) is 45.9 Å². The Kier molecular flexibility index (Phi) is 8.97. The molecule has 0 bridgehead atoms. The van der Waals surface area contributed by atoms with Crippen LogP contribution in [-0.4, -0.2) is 106 Å². The predicted octanol–water partition coefficient (Wildman–Crippen LogP) is 2.53. The number of aliphatic hydroxyl groups excluding tert-OH is 1. The van der Waals surface area contributed by atoms with Crippen LogP contribution in [0.3, 0.4) is 0 Å². The first-order valence-electron chi connectivity index (χ1n) is 13.7. The van der Waals surface area contributed by atoms with Gasteiger partial charge in [-0.3, -0.25) is 24.5 Å². The number of nitrogens with one attached hydrogen (secondary N) is 1. The molecule has 14 heteroatoms. The van der Waals surface area contributed by atoms with Crippen molar-refractivity contribution in [3.8, 4) is 0 Å². The number of nitrogens with zero attached hydrogens (tertiary/aromatic N) is 5.